The maximum Gasteiger partial charge on any atom is 0.325 e. The van der Waals surface area contributed by atoms with Crippen molar-refractivity contribution in [2.75, 3.05) is 6.61 Å². The van der Waals surface area contributed by atoms with Crippen molar-refractivity contribution in [1.29, 1.82) is 0 Å². The van der Waals surface area contributed by atoms with E-state index in [1.807, 2.05) is 0 Å². The Balaban J connectivity index is 2.29. The van der Waals surface area contributed by atoms with E-state index < -0.39 is 18.3 Å². The summed E-state index contributed by atoms with van der Waals surface area (Å²) in [5, 5.41) is 31.6. The summed E-state index contributed by atoms with van der Waals surface area (Å²) in [5.74, 6) is -2.84. The normalized spacial score (nSPS) is 16.4. The summed E-state index contributed by atoms with van der Waals surface area (Å²) in [6, 6.07) is -0.283. The Morgan fingerprint density at radius 2 is 2.20 bits per heavy atom. The van der Waals surface area contributed by atoms with Gasteiger partial charge in [0.05, 0.1) is 5.03 Å². The molecule has 0 bridgehead atoms. The highest BCUT2D eigenvalue weighted by molar-refractivity contribution is 9.10. The Morgan fingerprint density at radius 1 is 1.50 bits per heavy atom. The fourth-order valence-corrected chi connectivity index (χ4v) is 2.01. The third kappa shape index (κ3) is 3.18. The van der Waals surface area contributed by atoms with Crippen LogP contribution in [0, 0.1) is 0 Å². The van der Waals surface area contributed by atoms with Gasteiger partial charge in [0, 0.05) is 12.8 Å². The Bertz CT molecular complexity index is 587. The summed E-state index contributed by atoms with van der Waals surface area (Å²) < 4.78 is 19.0. The van der Waals surface area contributed by atoms with Gasteiger partial charge in [0.2, 0.25) is 4.73 Å². The van der Waals surface area contributed by atoms with E-state index in [4.69, 9.17) is 21.4 Å². The molecular weight excluding hydrogens is 360 g/mol. The van der Waals surface area contributed by atoms with Crippen molar-refractivity contribution in [3.8, 4) is 6.01 Å². The summed E-state index contributed by atoms with van der Waals surface area (Å²) in [5.41, 5.74) is 0. The van der Waals surface area contributed by atoms with E-state index in [-0.39, 0.29) is 34.4 Å². The molecule has 0 aromatic carbocycles. The highest BCUT2D eigenvalue weighted by atomic mass is 79.9. The lowest BCUT2D eigenvalue weighted by Gasteiger charge is -2.21. The van der Waals surface area contributed by atoms with Crippen molar-refractivity contribution in [2.24, 2.45) is 0 Å². The van der Waals surface area contributed by atoms with Crippen molar-refractivity contribution in [3.05, 3.63) is 27.4 Å². The molecule has 0 radical (unpaired) electrons. The average Bonchev–Trinajstić information content (AvgIpc) is 2.76. The Kier molecular flexibility index (Phi) is 4.45. The van der Waals surface area contributed by atoms with E-state index in [0.717, 1.165) is 0 Å². The summed E-state index contributed by atoms with van der Waals surface area (Å²) in [4.78, 5) is 3.78. The van der Waals surface area contributed by atoms with Gasteiger partial charge in [0.15, 0.2) is 0 Å². The lowest BCUT2D eigenvalue weighted by molar-refractivity contribution is -0.259. The Labute approximate surface area is 126 Å². The number of ether oxygens (including phenoxy) is 1. The van der Waals surface area contributed by atoms with Crippen molar-refractivity contribution in [2.45, 2.75) is 18.8 Å². The van der Waals surface area contributed by atoms with E-state index in [2.05, 4.69) is 26.0 Å². The molecule has 1 aromatic rings. The zero-order chi connectivity index (χ0) is 14.9. The van der Waals surface area contributed by atoms with Crippen LogP contribution in [0.25, 0.3) is 0 Å². The van der Waals surface area contributed by atoms with Gasteiger partial charge in [-0.2, -0.15) is 9.67 Å². The summed E-state index contributed by atoms with van der Waals surface area (Å²) >= 11 is 8.60. The maximum atomic E-state index is 13.1. The van der Waals surface area contributed by atoms with Crippen LogP contribution < -0.4 is 4.74 Å². The SMILES string of the molecule is OCC(O)(O)n1nc(Br)nc1OC1=CC(Cl)=C(F)CC1. The van der Waals surface area contributed by atoms with E-state index in [0.29, 0.717) is 4.68 Å². The molecule has 10 heteroatoms. The van der Waals surface area contributed by atoms with Crippen molar-refractivity contribution >= 4 is 27.5 Å². The first-order chi connectivity index (χ1) is 9.33. The van der Waals surface area contributed by atoms with Crippen LogP contribution in [0.15, 0.2) is 27.4 Å². The first kappa shape index (κ1) is 15.4. The fourth-order valence-electron chi connectivity index (χ4n) is 1.48. The molecular formula is C10H10BrClFN3O4. The fraction of sp³-hybridized carbons (Fsp3) is 0.400. The molecule has 2 rings (SSSR count). The predicted octanol–water partition coefficient (Wildman–Crippen LogP) is 1.10. The molecule has 0 amide bonds. The molecule has 0 aliphatic heterocycles. The number of nitrogens with zero attached hydrogens (tertiary/aromatic N) is 3. The number of aliphatic hydroxyl groups is 3. The van der Waals surface area contributed by atoms with Crippen LogP contribution >= 0.6 is 27.5 Å². The van der Waals surface area contributed by atoms with Crippen LogP contribution in [0.1, 0.15) is 12.8 Å². The van der Waals surface area contributed by atoms with Crippen molar-refractivity contribution < 1.29 is 24.4 Å². The van der Waals surface area contributed by atoms with Gasteiger partial charge in [-0.1, -0.05) is 11.6 Å². The number of hydrogen-bond acceptors (Lipinski definition) is 6. The van der Waals surface area contributed by atoms with Crippen LogP contribution in [0.2, 0.25) is 0 Å². The molecule has 0 unspecified atom stereocenters. The predicted molar refractivity (Wildman–Crippen MR) is 69.2 cm³/mol. The van der Waals surface area contributed by atoms with E-state index in [1.54, 1.807) is 0 Å². The summed E-state index contributed by atoms with van der Waals surface area (Å²) in [6.07, 6.45) is 1.57. The first-order valence-electron chi connectivity index (χ1n) is 5.44. The summed E-state index contributed by atoms with van der Waals surface area (Å²) in [7, 11) is 0. The average molecular weight is 371 g/mol. The molecule has 0 saturated carbocycles. The van der Waals surface area contributed by atoms with Gasteiger partial charge >= 0.3 is 6.01 Å². The number of aliphatic hydroxyl groups excluding tert-OH is 1. The quantitative estimate of drug-likeness (QED) is 0.686. The molecule has 0 saturated heterocycles. The van der Waals surface area contributed by atoms with Gasteiger partial charge in [0.25, 0.3) is 5.91 Å². The minimum atomic E-state index is -2.67. The second-order valence-electron chi connectivity index (χ2n) is 3.97. The number of hydrogen-bond donors (Lipinski definition) is 3. The topological polar surface area (TPSA) is 101 Å². The van der Waals surface area contributed by atoms with Gasteiger partial charge in [0.1, 0.15) is 18.2 Å². The van der Waals surface area contributed by atoms with E-state index in [1.165, 1.54) is 6.08 Å². The number of halogens is 3. The highest BCUT2D eigenvalue weighted by Gasteiger charge is 2.31. The smallest absolute Gasteiger partial charge is 0.325 e. The number of allylic oxidation sites excluding steroid dienone is 4. The molecule has 0 fully saturated rings. The third-order valence-electron chi connectivity index (χ3n) is 2.46. The summed E-state index contributed by atoms with van der Waals surface area (Å²) in [6.45, 7) is -1.02. The zero-order valence-electron chi connectivity index (χ0n) is 9.92. The molecule has 1 heterocycles. The first-order valence-corrected chi connectivity index (χ1v) is 6.62. The van der Waals surface area contributed by atoms with Gasteiger partial charge in [-0.3, -0.25) is 0 Å². The third-order valence-corrected chi connectivity index (χ3v) is 3.11. The largest absolute Gasteiger partial charge is 0.429 e. The molecule has 0 spiro atoms. The molecule has 3 N–H and O–H groups in total. The standard InChI is InChI=1S/C10H10BrClFN3O4/c11-8-14-9(16(15-8)10(18,19)4-17)20-5-1-2-7(13)6(12)3-5/h3,17-19H,1-2,4H2. The molecule has 0 atom stereocenters. The van der Waals surface area contributed by atoms with E-state index >= 15 is 0 Å². The lowest BCUT2D eigenvalue weighted by atomic mass is 10.1. The minimum Gasteiger partial charge on any atom is -0.429 e. The number of rotatable bonds is 4. The van der Waals surface area contributed by atoms with E-state index in [9.17, 15) is 14.6 Å². The van der Waals surface area contributed by atoms with Gasteiger partial charge in [-0.25, -0.2) is 4.39 Å². The zero-order valence-corrected chi connectivity index (χ0v) is 12.3. The maximum absolute atomic E-state index is 13.1. The molecule has 1 aromatic heterocycles. The molecule has 7 nitrogen and oxygen atoms in total. The van der Waals surface area contributed by atoms with Gasteiger partial charge in [-0.15, -0.1) is 5.10 Å². The Hall–Kier alpha value is -1.000. The van der Waals surface area contributed by atoms with Crippen LogP contribution in [0.4, 0.5) is 4.39 Å². The molecule has 1 aliphatic rings. The minimum absolute atomic E-state index is 0.0256. The lowest BCUT2D eigenvalue weighted by Crippen LogP contribution is -2.38. The van der Waals surface area contributed by atoms with Crippen LogP contribution in [0.3, 0.4) is 0 Å². The van der Waals surface area contributed by atoms with Gasteiger partial charge < -0.3 is 20.1 Å². The molecule has 110 valence electrons. The van der Waals surface area contributed by atoms with Crippen LogP contribution in [0.5, 0.6) is 6.01 Å². The monoisotopic (exact) mass is 369 g/mol. The van der Waals surface area contributed by atoms with Gasteiger partial charge in [-0.05, 0) is 22.0 Å². The van der Waals surface area contributed by atoms with Crippen LogP contribution in [-0.4, -0.2) is 36.7 Å². The van der Waals surface area contributed by atoms with Crippen molar-refractivity contribution in [1.82, 2.24) is 14.8 Å². The molecule has 20 heavy (non-hydrogen) atoms. The Morgan fingerprint density at radius 3 is 2.80 bits per heavy atom. The highest BCUT2D eigenvalue weighted by Crippen LogP contribution is 2.29. The second-order valence-corrected chi connectivity index (χ2v) is 5.09. The van der Waals surface area contributed by atoms with Crippen molar-refractivity contribution in [3.63, 3.8) is 0 Å². The number of aromatic nitrogens is 3. The second kappa shape index (κ2) is 5.78. The van der Waals surface area contributed by atoms with Crippen LogP contribution in [-0.2, 0) is 5.91 Å². The molecule has 1 aliphatic carbocycles.